The Morgan fingerprint density at radius 1 is 1.48 bits per heavy atom. The second kappa shape index (κ2) is 6.56. The van der Waals surface area contributed by atoms with E-state index in [1.807, 2.05) is 13.0 Å². The van der Waals surface area contributed by atoms with E-state index in [-0.39, 0.29) is 17.0 Å². The Hall–Kier alpha value is -2.11. The number of nitrogens with zero attached hydrogens (tertiary/aromatic N) is 2. The summed E-state index contributed by atoms with van der Waals surface area (Å²) in [6.07, 6.45) is 2.87. The zero-order valence-electron chi connectivity index (χ0n) is 12.1. The molecule has 0 aromatic heterocycles. The number of carbonyl (C=O) groups is 1. The zero-order chi connectivity index (χ0) is 15.4. The van der Waals surface area contributed by atoms with Crippen molar-refractivity contribution < 1.29 is 14.8 Å². The van der Waals surface area contributed by atoms with Gasteiger partial charge in [0.05, 0.1) is 4.92 Å². The molecule has 0 radical (unpaired) electrons. The van der Waals surface area contributed by atoms with E-state index in [4.69, 9.17) is 5.11 Å². The van der Waals surface area contributed by atoms with Gasteiger partial charge in [0.1, 0.15) is 0 Å². The zero-order valence-corrected chi connectivity index (χ0v) is 12.1. The first kappa shape index (κ1) is 15.3. The molecule has 1 aromatic rings. The molecule has 1 fully saturated rings. The van der Waals surface area contributed by atoms with E-state index >= 15 is 0 Å². The van der Waals surface area contributed by atoms with Crippen molar-refractivity contribution in [2.24, 2.45) is 5.92 Å². The average molecular weight is 292 g/mol. The van der Waals surface area contributed by atoms with Crippen molar-refractivity contribution in [3.05, 3.63) is 33.9 Å². The molecular weight excluding hydrogens is 272 g/mol. The summed E-state index contributed by atoms with van der Waals surface area (Å²) < 4.78 is 0. The monoisotopic (exact) mass is 292 g/mol. The Morgan fingerprint density at radius 2 is 2.24 bits per heavy atom. The van der Waals surface area contributed by atoms with Gasteiger partial charge in [-0.2, -0.15) is 0 Å². The van der Waals surface area contributed by atoms with E-state index in [1.54, 1.807) is 12.1 Å². The van der Waals surface area contributed by atoms with E-state index in [0.29, 0.717) is 12.3 Å². The van der Waals surface area contributed by atoms with Gasteiger partial charge in [-0.05, 0) is 43.7 Å². The van der Waals surface area contributed by atoms with Gasteiger partial charge in [-0.25, -0.2) is 0 Å². The third-order valence-electron chi connectivity index (χ3n) is 3.91. The number of nitro groups is 1. The second-order valence-electron chi connectivity index (χ2n) is 5.67. The van der Waals surface area contributed by atoms with E-state index in [1.165, 1.54) is 0 Å². The Labute approximate surface area is 123 Å². The molecule has 0 aliphatic carbocycles. The summed E-state index contributed by atoms with van der Waals surface area (Å²) >= 11 is 0. The van der Waals surface area contributed by atoms with Crippen molar-refractivity contribution >= 4 is 17.3 Å². The smallest absolute Gasteiger partial charge is 0.303 e. The van der Waals surface area contributed by atoms with Gasteiger partial charge in [-0.15, -0.1) is 0 Å². The molecule has 1 heterocycles. The molecule has 0 amide bonds. The molecule has 6 nitrogen and oxygen atoms in total. The molecule has 1 aliphatic rings. The number of hydrogen-bond acceptors (Lipinski definition) is 4. The van der Waals surface area contributed by atoms with Gasteiger partial charge < -0.3 is 10.0 Å². The molecule has 1 aromatic carbocycles. The normalized spacial score (nSPS) is 18.5. The van der Waals surface area contributed by atoms with Gasteiger partial charge in [0.25, 0.3) is 5.69 Å². The largest absolute Gasteiger partial charge is 0.481 e. The molecule has 1 saturated heterocycles. The highest BCUT2D eigenvalue weighted by molar-refractivity contribution is 5.66. The number of aliphatic carboxylic acids is 1. The van der Waals surface area contributed by atoms with Crippen LogP contribution in [0.4, 0.5) is 11.4 Å². The van der Waals surface area contributed by atoms with Crippen LogP contribution >= 0.6 is 0 Å². The van der Waals surface area contributed by atoms with Crippen molar-refractivity contribution in [3.8, 4) is 0 Å². The lowest BCUT2D eigenvalue weighted by Gasteiger charge is -2.34. The van der Waals surface area contributed by atoms with E-state index < -0.39 is 5.97 Å². The van der Waals surface area contributed by atoms with Crippen LogP contribution < -0.4 is 4.90 Å². The summed E-state index contributed by atoms with van der Waals surface area (Å²) in [5, 5.41) is 19.7. The lowest BCUT2D eigenvalue weighted by molar-refractivity contribution is -0.384. The number of anilines is 1. The standard InChI is InChI=1S/C15H20N2O4/c1-11-7-13(9-14(8-11)17(20)21)16-6-2-3-12(10-16)4-5-15(18)19/h7-9,12H,2-6,10H2,1H3,(H,18,19). The fraction of sp³-hybridized carbons (Fsp3) is 0.533. The minimum absolute atomic E-state index is 0.109. The number of non-ortho nitro benzene ring substituents is 1. The third-order valence-corrected chi connectivity index (χ3v) is 3.91. The predicted molar refractivity (Wildman–Crippen MR) is 79.6 cm³/mol. The van der Waals surface area contributed by atoms with Crippen LogP contribution in [-0.2, 0) is 4.79 Å². The topological polar surface area (TPSA) is 83.7 Å². The van der Waals surface area contributed by atoms with Crippen LogP contribution in [0, 0.1) is 23.0 Å². The fourth-order valence-corrected chi connectivity index (χ4v) is 2.89. The van der Waals surface area contributed by atoms with Crippen LogP contribution in [0.1, 0.15) is 31.2 Å². The summed E-state index contributed by atoms with van der Waals surface area (Å²) in [6.45, 7) is 3.49. The summed E-state index contributed by atoms with van der Waals surface area (Å²) in [6, 6.07) is 5.12. The molecule has 21 heavy (non-hydrogen) atoms. The first-order valence-electron chi connectivity index (χ1n) is 7.18. The second-order valence-corrected chi connectivity index (χ2v) is 5.67. The van der Waals surface area contributed by atoms with Crippen LogP contribution in [0.25, 0.3) is 0 Å². The fourth-order valence-electron chi connectivity index (χ4n) is 2.89. The summed E-state index contributed by atoms with van der Waals surface area (Å²) in [7, 11) is 0. The Kier molecular flexibility index (Phi) is 4.77. The van der Waals surface area contributed by atoms with Gasteiger partial charge in [0.2, 0.25) is 0 Å². The van der Waals surface area contributed by atoms with Crippen LogP contribution in [0.15, 0.2) is 18.2 Å². The molecule has 1 atom stereocenters. The van der Waals surface area contributed by atoms with E-state index in [9.17, 15) is 14.9 Å². The van der Waals surface area contributed by atoms with E-state index in [2.05, 4.69) is 4.90 Å². The lowest BCUT2D eigenvalue weighted by Crippen LogP contribution is -2.35. The minimum Gasteiger partial charge on any atom is -0.481 e. The maximum Gasteiger partial charge on any atom is 0.303 e. The molecule has 0 spiro atoms. The van der Waals surface area contributed by atoms with Crippen LogP contribution in [0.2, 0.25) is 0 Å². The third kappa shape index (κ3) is 4.18. The molecule has 1 aliphatic heterocycles. The van der Waals surface area contributed by atoms with Crippen molar-refractivity contribution in [3.63, 3.8) is 0 Å². The van der Waals surface area contributed by atoms with Crippen molar-refractivity contribution in [2.45, 2.75) is 32.6 Å². The number of aryl methyl sites for hydroxylation is 1. The van der Waals surface area contributed by atoms with Gasteiger partial charge in [-0.3, -0.25) is 14.9 Å². The summed E-state index contributed by atoms with van der Waals surface area (Å²) in [4.78, 5) is 23.4. The Morgan fingerprint density at radius 3 is 2.90 bits per heavy atom. The molecule has 1 unspecified atom stereocenters. The summed E-state index contributed by atoms with van der Waals surface area (Å²) in [5.41, 5.74) is 1.84. The Bertz CT molecular complexity index is 544. The van der Waals surface area contributed by atoms with Gasteiger partial charge in [0.15, 0.2) is 0 Å². The number of hydrogen-bond donors (Lipinski definition) is 1. The minimum atomic E-state index is -0.765. The van der Waals surface area contributed by atoms with Gasteiger partial charge >= 0.3 is 5.97 Å². The highest BCUT2D eigenvalue weighted by Crippen LogP contribution is 2.29. The number of rotatable bonds is 5. The molecule has 0 bridgehead atoms. The van der Waals surface area contributed by atoms with Crippen LogP contribution in [0.5, 0.6) is 0 Å². The number of carboxylic acids is 1. The Balaban J connectivity index is 2.10. The van der Waals surface area contributed by atoms with Gasteiger partial charge in [-0.1, -0.05) is 0 Å². The first-order chi connectivity index (χ1) is 9.95. The molecule has 2 rings (SSSR count). The molecule has 1 N–H and O–H groups in total. The predicted octanol–water partition coefficient (Wildman–Crippen LogP) is 2.98. The van der Waals surface area contributed by atoms with E-state index in [0.717, 1.165) is 37.2 Å². The maximum atomic E-state index is 11.0. The number of benzene rings is 1. The first-order valence-corrected chi connectivity index (χ1v) is 7.18. The number of piperidine rings is 1. The molecule has 0 saturated carbocycles. The SMILES string of the molecule is Cc1cc(N2CCCC(CCC(=O)O)C2)cc([N+](=O)[O-])c1. The quantitative estimate of drug-likeness (QED) is 0.666. The summed E-state index contributed by atoms with van der Waals surface area (Å²) in [5.74, 6) is -0.423. The van der Waals surface area contributed by atoms with Gasteiger partial charge in [0, 0.05) is 37.3 Å². The van der Waals surface area contributed by atoms with Crippen molar-refractivity contribution in [1.29, 1.82) is 0 Å². The number of carboxylic acid groups (broad SMARTS) is 1. The maximum absolute atomic E-state index is 11.0. The molecular formula is C15H20N2O4. The van der Waals surface area contributed by atoms with Crippen molar-refractivity contribution in [1.82, 2.24) is 0 Å². The average Bonchev–Trinajstić information content (AvgIpc) is 2.44. The highest BCUT2D eigenvalue weighted by Gasteiger charge is 2.22. The highest BCUT2D eigenvalue weighted by atomic mass is 16.6. The van der Waals surface area contributed by atoms with Crippen LogP contribution in [0.3, 0.4) is 0 Å². The van der Waals surface area contributed by atoms with Crippen LogP contribution in [-0.4, -0.2) is 29.1 Å². The molecule has 6 heteroatoms. The molecule has 114 valence electrons. The van der Waals surface area contributed by atoms with Crippen molar-refractivity contribution in [2.75, 3.05) is 18.0 Å². The number of nitro benzene ring substituents is 1. The lowest BCUT2D eigenvalue weighted by atomic mass is 9.93.